The van der Waals surface area contributed by atoms with Gasteiger partial charge in [-0.2, -0.15) is 0 Å². The number of hydrogen-bond donors (Lipinski definition) is 0. The van der Waals surface area contributed by atoms with E-state index in [0.29, 0.717) is 12.1 Å². The normalized spacial score (nSPS) is 10.4. The molecule has 0 N–H and O–H groups in total. The quantitative estimate of drug-likeness (QED) is 0.694. The molecule has 0 saturated heterocycles. The highest BCUT2D eigenvalue weighted by Crippen LogP contribution is 2.21. The second-order valence-electron chi connectivity index (χ2n) is 4.25. The number of Topliss-reactive ketones (excluding diaryl/α,β-unsaturated/α-hetero) is 1. The number of benzene rings is 1. The van der Waals surface area contributed by atoms with Crippen molar-refractivity contribution >= 4 is 37.6 Å². The maximum absolute atomic E-state index is 12.1. The van der Waals surface area contributed by atoms with Gasteiger partial charge in [0.1, 0.15) is 5.69 Å². The van der Waals surface area contributed by atoms with Gasteiger partial charge in [-0.15, -0.1) is 0 Å². The zero-order chi connectivity index (χ0) is 13.7. The third-order valence-electron chi connectivity index (χ3n) is 2.78. The van der Waals surface area contributed by atoms with Crippen molar-refractivity contribution in [1.82, 2.24) is 4.98 Å². The lowest BCUT2D eigenvalue weighted by Crippen LogP contribution is -2.04. The van der Waals surface area contributed by atoms with Gasteiger partial charge >= 0.3 is 0 Å². The van der Waals surface area contributed by atoms with Crippen LogP contribution in [0.25, 0.3) is 0 Å². The smallest absolute Gasteiger partial charge is 0.182 e. The third kappa shape index (κ3) is 4.25. The van der Waals surface area contributed by atoms with E-state index in [1.807, 2.05) is 24.3 Å². The molecule has 0 spiro atoms. The molecular formula is C15H13Br2NO. The lowest BCUT2D eigenvalue weighted by Gasteiger charge is -2.04. The molecule has 0 atom stereocenters. The third-order valence-corrected chi connectivity index (χ3v) is 3.82. The summed E-state index contributed by atoms with van der Waals surface area (Å²) in [5, 5.41) is 0. The van der Waals surface area contributed by atoms with E-state index in [1.54, 1.807) is 6.20 Å². The van der Waals surface area contributed by atoms with Crippen LogP contribution in [0.3, 0.4) is 0 Å². The highest BCUT2D eigenvalue weighted by molar-refractivity contribution is 9.11. The second kappa shape index (κ2) is 6.96. The Bertz CT molecular complexity index is 570. The van der Waals surface area contributed by atoms with Gasteiger partial charge in [-0.05, 0) is 56.3 Å². The molecule has 0 aliphatic carbocycles. The van der Waals surface area contributed by atoms with Gasteiger partial charge in [0.2, 0.25) is 0 Å². The van der Waals surface area contributed by atoms with Gasteiger partial charge < -0.3 is 0 Å². The first-order valence-electron chi connectivity index (χ1n) is 6.05. The van der Waals surface area contributed by atoms with Gasteiger partial charge in [-0.1, -0.05) is 30.3 Å². The Morgan fingerprint density at radius 3 is 2.58 bits per heavy atom. The van der Waals surface area contributed by atoms with Crippen LogP contribution in [0.4, 0.5) is 0 Å². The van der Waals surface area contributed by atoms with Crippen LogP contribution in [0.15, 0.2) is 51.5 Å². The van der Waals surface area contributed by atoms with E-state index in [2.05, 4.69) is 49.0 Å². The molecule has 0 radical (unpaired) electrons. The van der Waals surface area contributed by atoms with Gasteiger partial charge in [-0.25, -0.2) is 0 Å². The SMILES string of the molecule is O=C(CCCc1ccccc1)c1ncc(Br)cc1Br. The van der Waals surface area contributed by atoms with Crippen LogP contribution in [-0.4, -0.2) is 10.8 Å². The minimum absolute atomic E-state index is 0.0790. The molecule has 0 unspecified atom stereocenters. The lowest BCUT2D eigenvalue weighted by atomic mass is 10.1. The number of halogens is 2. The Labute approximate surface area is 129 Å². The molecule has 2 rings (SSSR count). The van der Waals surface area contributed by atoms with Gasteiger partial charge in [0.25, 0.3) is 0 Å². The van der Waals surface area contributed by atoms with Crippen LogP contribution in [0, 0.1) is 0 Å². The number of carbonyl (C=O) groups is 1. The van der Waals surface area contributed by atoms with Crippen molar-refractivity contribution in [3.05, 3.63) is 62.8 Å². The molecule has 98 valence electrons. The molecule has 0 saturated carbocycles. The average molecular weight is 383 g/mol. The maximum atomic E-state index is 12.1. The van der Waals surface area contributed by atoms with Crippen molar-refractivity contribution in [2.45, 2.75) is 19.3 Å². The maximum Gasteiger partial charge on any atom is 0.182 e. The fraction of sp³-hybridized carbons (Fsp3) is 0.200. The molecule has 1 aromatic heterocycles. The summed E-state index contributed by atoms with van der Waals surface area (Å²) < 4.78 is 1.60. The number of aryl methyl sites for hydroxylation is 1. The summed E-state index contributed by atoms with van der Waals surface area (Å²) in [6, 6.07) is 12.0. The Morgan fingerprint density at radius 1 is 1.16 bits per heavy atom. The van der Waals surface area contributed by atoms with Crippen molar-refractivity contribution in [2.75, 3.05) is 0 Å². The number of ketones is 1. The summed E-state index contributed by atoms with van der Waals surface area (Å²) in [5.74, 6) is 0.0790. The summed E-state index contributed by atoms with van der Waals surface area (Å²) in [6.07, 6.45) is 3.92. The predicted molar refractivity (Wildman–Crippen MR) is 83.3 cm³/mol. The monoisotopic (exact) mass is 381 g/mol. The molecule has 0 bridgehead atoms. The molecule has 0 aliphatic heterocycles. The van der Waals surface area contributed by atoms with E-state index in [0.717, 1.165) is 21.8 Å². The number of aromatic nitrogens is 1. The Balaban J connectivity index is 1.91. The molecule has 4 heteroatoms. The highest BCUT2D eigenvalue weighted by Gasteiger charge is 2.11. The van der Waals surface area contributed by atoms with Crippen LogP contribution < -0.4 is 0 Å². The summed E-state index contributed by atoms with van der Waals surface area (Å²) in [6.45, 7) is 0. The van der Waals surface area contributed by atoms with Gasteiger partial charge in [-0.3, -0.25) is 9.78 Å². The van der Waals surface area contributed by atoms with Crippen LogP contribution in [0.5, 0.6) is 0 Å². The van der Waals surface area contributed by atoms with Crippen molar-refractivity contribution < 1.29 is 4.79 Å². The molecule has 1 heterocycles. The zero-order valence-electron chi connectivity index (χ0n) is 10.3. The van der Waals surface area contributed by atoms with Crippen LogP contribution in [0.2, 0.25) is 0 Å². The second-order valence-corrected chi connectivity index (χ2v) is 6.02. The van der Waals surface area contributed by atoms with Gasteiger partial charge in [0.15, 0.2) is 5.78 Å². The Kier molecular flexibility index (Phi) is 5.28. The Hall–Kier alpha value is -1.00. The summed E-state index contributed by atoms with van der Waals surface area (Å²) >= 11 is 6.70. The summed E-state index contributed by atoms with van der Waals surface area (Å²) in [7, 11) is 0. The average Bonchev–Trinajstić information content (AvgIpc) is 2.39. The fourth-order valence-corrected chi connectivity index (χ4v) is 3.04. The number of hydrogen-bond acceptors (Lipinski definition) is 2. The molecule has 0 fully saturated rings. The van der Waals surface area contributed by atoms with E-state index >= 15 is 0 Å². The molecule has 0 amide bonds. The lowest BCUT2D eigenvalue weighted by molar-refractivity contribution is 0.0974. The molecule has 2 nitrogen and oxygen atoms in total. The standard InChI is InChI=1S/C15H13Br2NO/c16-12-9-13(17)15(18-10-12)14(19)8-4-7-11-5-2-1-3-6-11/h1-3,5-6,9-10H,4,7-8H2. The van der Waals surface area contributed by atoms with Crippen molar-refractivity contribution in [3.63, 3.8) is 0 Å². The van der Waals surface area contributed by atoms with Crippen molar-refractivity contribution in [2.24, 2.45) is 0 Å². The molecule has 19 heavy (non-hydrogen) atoms. The van der Waals surface area contributed by atoms with E-state index in [4.69, 9.17) is 0 Å². The first-order chi connectivity index (χ1) is 9.16. The number of carbonyl (C=O) groups excluding carboxylic acids is 1. The largest absolute Gasteiger partial charge is 0.292 e. The van der Waals surface area contributed by atoms with Crippen LogP contribution >= 0.6 is 31.9 Å². The molecule has 2 aromatic rings. The topological polar surface area (TPSA) is 30.0 Å². The van der Waals surface area contributed by atoms with Gasteiger partial charge in [0.05, 0.1) is 0 Å². The highest BCUT2D eigenvalue weighted by atomic mass is 79.9. The number of nitrogens with zero attached hydrogens (tertiary/aromatic N) is 1. The van der Waals surface area contributed by atoms with E-state index < -0.39 is 0 Å². The fourth-order valence-electron chi connectivity index (χ4n) is 1.84. The molecular weight excluding hydrogens is 370 g/mol. The van der Waals surface area contributed by atoms with E-state index in [1.165, 1.54) is 5.56 Å². The summed E-state index contributed by atoms with van der Waals surface area (Å²) in [4.78, 5) is 16.2. The van der Waals surface area contributed by atoms with Crippen molar-refractivity contribution in [3.8, 4) is 0 Å². The predicted octanol–water partition coefficient (Wildman–Crippen LogP) is 4.81. The Morgan fingerprint density at radius 2 is 1.89 bits per heavy atom. The molecule has 0 aliphatic rings. The molecule has 1 aromatic carbocycles. The van der Waals surface area contributed by atoms with E-state index in [-0.39, 0.29) is 5.78 Å². The van der Waals surface area contributed by atoms with Crippen LogP contribution in [0.1, 0.15) is 28.9 Å². The number of rotatable bonds is 5. The minimum Gasteiger partial charge on any atom is -0.292 e. The van der Waals surface area contributed by atoms with E-state index in [9.17, 15) is 4.79 Å². The number of pyridine rings is 1. The summed E-state index contributed by atoms with van der Waals surface area (Å²) in [5.41, 5.74) is 1.77. The van der Waals surface area contributed by atoms with Crippen molar-refractivity contribution in [1.29, 1.82) is 0 Å². The zero-order valence-corrected chi connectivity index (χ0v) is 13.4. The first kappa shape index (κ1) is 14.4. The minimum atomic E-state index is 0.0790. The first-order valence-corrected chi connectivity index (χ1v) is 7.63. The van der Waals surface area contributed by atoms with Crippen LogP contribution in [-0.2, 0) is 6.42 Å². The van der Waals surface area contributed by atoms with Gasteiger partial charge in [0, 0.05) is 21.6 Å².